The van der Waals surface area contributed by atoms with Gasteiger partial charge < -0.3 is 10.1 Å². The zero-order valence-electron chi connectivity index (χ0n) is 21.7. The van der Waals surface area contributed by atoms with Gasteiger partial charge in [-0.3, -0.25) is 14.7 Å². The topological polar surface area (TPSA) is 54.5 Å². The molecule has 1 N–H and O–H groups in total. The highest BCUT2D eigenvalue weighted by molar-refractivity contribution is 5.78. The molecule has 4 rings (SSSR count). The van der Waals surface area contributed by atoms with Crippen LogP contribution in [0, 0.1) is 5.82 Å². The van der Waals surface area contributed by atoms with E-state index in [0.717, 1.165) is 31.6 Å². The van der Waals surface area contributed by atoms with E-state index in [-0.39, 0.29) is 24.0 Å². The van der Waals surface area contributed by atoms with Gasteiger partial charge in [0.25, 0.3) is 0 Å². The maximum atomic E-state index is 14.6. The Bertz CT molecular complexity index is 1230. The van der Waals surface area contributed by atoms with Gasteiger partial charge in [0.15, 0.2) is 11.6 Å². The zero-order chi connectivity index (χ0) is 26.6. The Kier molecular flexibility index (Phi) is 9.99. The molecule has 1 amide bonds. The third kappa shape index (κ3) is 7.98. The first-order valence-electron chi connectivity index (χ1n) is 13.0. The molecule has 196 valence electrons. The molecule has 0 saturated carbocycles. The number of carbonyl (C=O) groups is 1. The van der Waals surface area contributed by atoms with Gasteiger partial charge in [-0.1, -0.05) is 72.8 Å². The van der Waals surface area contributed by atoms with Crippen molar-refractivity contribution in [3.8, 4) is 5.75 Å². The first-order valence-corrected chi connectivity index (χ1v) is 13.0. The van der Waals surface area contributed by atoms with Crippen molar-refractivity contribution in [3.63, 3.8) is 0 Å². The van der Waals surface area contributed by atoms with Gasteiger partial charge in [-0.25, -0.2) is 4.39 Å². The van der Waals surface area contributed by atoms with E-state index in [1.807, 2.05) is 24.4 Å². The summed E-state index contributed by atoms with van der Waals surface area (Å²) in [6.07, 6.45) is 4.56. The summed E-state index contributed by atoms with van der Waals surface area (Å²) in [7, 11) is 1.57. The van der Waals surface area contributed by atoms with Gasteiger partial charge in [-0.15, -0.1) is 0 Å². The lowest BCUT2D eigenvalue weighted by molar-refractivity contribution is -0.119. The monoisotopic (exact) mass is 511 g/mol. The van der Waals surface area contributed by atoms with Gasteiger partial charge in [0.05, 0.1) is 13.0 Å². The first kappa shape index (κ1) is 27.0. The first-order chi connectivity index (χ1) is 18.6. The number of pyridine rings is 1. The summed E-state index contributed by atoms with van der Waals surface area (Å²) in [5, 5.41) is 2.55. The molecule has 0 spiro atoms. The van der Waals surface area contributed by atoms with Gasteiger partial charge in [-0.2, -0.15) is 0 Å². The molecule has 1 heterocycles. The van der Waals surface area contributed by atoms with Crippen LogP contribution in [0.5, 0.6) is 5.75 Å². The number of hydrogen-bond acceptors (Lipinski definition) is 4. The van der Waals surface area contributed by atoms with Crippen molar-refractivity contribution in [2.24, 2.45) is 0 Å². The molecule has 5 nitrogen and oxygen atoms in total. The molecular weight excluding hydrogens is 477 g/mol. The van der Waals surface area contributed by atoms with E-state index in [9.17, 15) is 9.18 Å². The summed E-state index contributed by atoms with van der Waals surface area (Å²) < 4.78 is 20.3. The minimum Gasteiger partial charge on any atom is -0.490 e. The molecule has 38 heavy (non-hydrogen) atoms. The van der Waals surface area contributed by atoms with E-state index < -0.39 is 5.82 Å². The average molecular weight is 512 g/mol. The number of nitrogens with zero attached hydrogens (tertiary/aromatic N) is 2. The number of aromatic nitrogens is 1. The maximum absolute atomic E-state index is 14.6. The quantitative estimate of drug-likeness (QED) is 0.237. The number of halogens is 1. The van der Waals surface area contributed by atoms with Crippen molar-refractivity contribution in [1.82, 2.24) is 15.2 Å². The average Bonchev–Trinajstić information content (AvgIpc) is 2.96. The fourth-order valence-corrected chi connectivity index (χ4v) is 4.53. The van der Waals surface area contributed by atoms with E-state index >= 15 is 0 Å². The maximum Gasteiger partial charge on any atom is 0.224 e. The van der Waals surface area contributed by atoms with Crippen molar-refractivity contribution in [1.29, 1.82) is 0 Å². The van der Waals surface area contributed by atoms with Crippen molar-refractivity contribution in [2.75, 3.05) is 26.7 Å². The predicted octanol–water partition coefficient (Wildman–Crippen LogP) is 5.61. The lowest BCUT2D eigenvalue weighted by Crippen LogP contribution is -2.30. The molecule has 0 aliphatic carbocycles. The molecule has 0 saturated heterocycles. The number of rotatable bonds is 13. The second-order valence-electron chi connectivity index (χ2n) is 9.29. The number of carbonyl (C=O) groups excluding carboxylic acids is 1. The molecule has 0 bridgehead atoms. The van der Waals surface area contributed by atoms with E-state index in [0.29, 0.717) is 12.2 Å². The molecule has 0 radical (unpaired) electrons. The van der Waals surface area contributed by atoms with Crippen LogP contribution in [-0.4, -0.2) is 42.5 Å². The van der Waals surface area contributed by atoms with Crippen LogP contribution in [0.1, 0.15) is 34.6 Å². The Morgan fingerprint density at radius 1 is 0.947 bits per heavy atom. The Labute approximate surface area is 224 Å². The summed E-state index contributed by atoms with van der Waals surface area (Å²) in [6.45, 7) is 2.75. The van der Waals surface area contributed by atoms with E-state index in [2.05, 4.69) is 69.8 Å². The number of nitrogens with one attached hydrogen (secondary N) is 1. The Hall–Kier alpha value is -4.03. The summed E-state index contributed by atoms with van der Waals surface area (Å²) in [5.41, 5.74) is 4.30. The summed E-state index contributed by atoms with van der Waals surface area (Å²) in [6, 6.07) is 29.9. The minimum atomic E-state index is -0.452. The zero-order valence-corrected chi connectivity index (χ0v) is 21.7. The standard InChI is InChI=1S/C32H34FN3O2/c1-34-32(37)21-25-15-16-31(30(33)20-25)38-19-9-18-36(23-26-10-8-17-35-22-26)24-29(27-11-4-2-5-12-27)28-13-6-3-7-14-28/h2-8,10-17,20,22,29H,9,18-19,21,23-24H2,1H3,(H,34,37). The normalized spacial score (nSPS) is 11.1. The van der Waals surface area contributed by atoms with Gasteiger partial charge in [-0.05, 0) is 46.9 Å². The molecule has 3 aromatic carbocycles. The summed E-state index contributed by atoms with van der Waals surface area (Å²) >= 11 is 0. The van der Waals surface area contributed by atoms with Gasteiger partial charge in [0.2, 0.25) is 5.91 Å². The molecule has 4 aromatic rings. The van der Waals surface area contributed by atoms with Crippen LogP contribution in [-0.2, 0) is 17.8 Å². The molecular formula is C32H34FN3O2. The molecule has 1 aromatic heterocycles. The minimum absolute atomic E-state index is 0.140. The highest BCUT2D eigenvalue weighted by atomic mass is 19.1. The lowest BCUT2D eigenvalue weighted by Gasteiger charge is -2.28. The Balaban J connectivity index is 1.43. The van der Waals surface area contributed by atoms with Crippen molar-refractivity contribution in [2.45, 2.75) is 25.3 Å². The van der Waals surface area contributed by atoms with Crippen LogP contribution in [0.4, 0.5) is 4.39 Å². The number of hydrogen-bond donors (Lipinski definition) is 1. The highest BCUT2D eigenvalue weighted by Gasteiger charge is 2.19. The van der Waals surface area contributed by atoms with Crippen molar-refractivity contribution in [3.05, 3.63) is 131 Å². The number of ether oxygens (including phenoxy) is 1. The molecule has 0 unspecified atom stereocenters. The van der Waals surface area contributed by atoms with Crippen LogP contribution < -0.4 is 10.1 Å². The van der Waals surface area contributed by atoms with Crippen LogP contribution in [0.3, 0.4) is 0 Å². The highest BCUT2D eigenvalue weighted by Crippen LogP contribution is 2.26. The van der Waals surface area contributed by atoms with Gasteiger partial charge >= 0.3 is 0 Å². The fraction of sp³-hybridized carbons (Fsp3) is 0.250. The Morgan fingerprint density at radius 3 is 2.26 bits per heavy atom. The molecule has 0 atom stereocenters. The predicted molar refractivity (Wildman–Crippen MR) is 149 cm³/mol. The number of likely N-dealkylation sites (N-methyl/N-ethyl adjacent to an activating group) is 1. The van der Waals surface area contributed by atoms with Crippen LogP contribution in [0.15, 0.2) is 103 Å². The van der Waals surface area contributed by atoms with E-state index in [4.69, 9.17) is 4.74 Å². The Morgan fingerprint density at radius 2 is 1.66 bits per heavy atom. The van der Waals surface area contributed by atoms with E-state index in [1.54, 1.807) is 25.4 Å². The number of amides is 1. The molecule has 6 heteroatoms. The van der Waals surface area contributed by atoms with Gasteiger partial charge in [0.1, 0.15) is 0 Å². The van der Waals surface area contributed by atoms with Crippen LogP contribution in [0.2, 0.25) is 0 Å². The molecule has 0 fully saturated rings. The SMILES string of the molecule is CNC(=O)Cc1ccc(OCCCN(Cc2cccnc2)CC(c2ccccc2)c2ccccc2)c(F)c1. The molecule has 0 aliphatic rings. The second-order valence-corrected chi connectivity index (χ2v) is 9.29. The largest absolute Gasteiger partial charge is 0.490 e. The van der Waals surface area contributed by atoms with Crippen LogP contribution in [0.25, 0.3) is 0 Å². The second kappa shape index (κ2) is 14.1. The lowest BCUT2D eigenvalue weighted by atomic mass is 9.90. The van der Waals surface area contributed by atoms with Gasteiger partial charge in [0, 0.05) is 45.0 Å². The summed E-state index contributed by atoms with van der Waals surface area (Å²) in [4.78, 5) is 18.3. The van der Waals surface area contributed by atoms with Crippen LogP contribution >= 0.6 is 0 Å². The van der Waals surface area contributed by atoms with Crippen molar-refractivity contribution < 1.29 is 13.9 Å². The third-order valence-corrected chi connectivity index (χ3v) is 6.49. The van der Waals surface area contributed by atoms with Crippen molar-refractivity contribution >= 4 is 5.91 Å². The molecule has 0 aliphatic heterocycles. The number of benzene rings is 3. The smallest absolute Gasteiger partial charge is 0.224 e. The third-order valence-electron chi connectivity index (χ3n) is 6.49. The summed E-state index contributed by atoms with van der Waals surface area (Å²) in [5.74, 6) is -0.195. The fourth-order valence-electron chi connectivity index (χ4n) is 4.53. The van der Waals surface area contributed by atoms with E-state index in [1.165, 1.54) is 17.2 Å².